The van der Waals surface area contributed by atoms with Gasteiger partial charge in [0.15, 0.2) is 0 Å². The van der Waals surface area contributed by atoms with E-state index in [2.05, 4.69) is 4.98 Å². The molecule has 0 amide bonds. The van der Waals surface area contributed by atoms with Crippen LogP contribution in [0.15, 0.2) is 6.07 Å². The third kappa shape index (κ3) is 2.40. The third-order valence-corrected chi connectivity index (χ3v) is 1.74. The SMILES string of the molecule is Cc1nc(F)cc(C(F)(F)F)c1C(F)F. The Kier molecular flexibility index (Phi) is 2.92. The van der Waals surface area contributed by atoms with Crippen molar-refractivity contribution in [1.82, 2.24) is 4.98 Å². The summed E-state index contributed by atoms with van der Waals surface area (Å²) in [5, 5.41) is 0. The summed E-state index contributed by atoms with van der Waals surface area (Å²) < 4.78 is 73.8. The Morgan fingerprint density at radius 2 is 1.80 bits per heavy atom. The lowest BCUT2D eigenvalue weighted by molar-refractivity contribution is -0.139. The monoisotopic (exact) mass is 229 g/mol. The van der Waals surface area contributed by atoms with E-state index in [-0.39, 0.29) is 6.07 Å². The van der Waals surface area contributed by atoms with Gasteiger partial charge in [0, 0.05) is 6.07 Å². The van der Waals surface area contributed by atoms with Crippen molar-refractivity contribution >= 4 is 0 Å². The van der Waals surface area contributed by atoms with Gasteiger partial charge in [-0.25, -0.2) is 13.8 Å². The number of alkyl halides is 5. The zero-order valence-electron chi connectivity index (χ0n) is 7.37. The quantitative estimate of drug-likeness (QED) is 0.530. The molecule has 0 aromatic carbocycles. The van der Waals surface area contributed by atoms with Gasteiger partial charge in [0.2, 0.25) is 5.95 Å². The van der Waals surface area contributed by atoms with Crippen molar-refractivity contribution in [2.24, 2.45) is 0 Å². The van der Waals surface area contributed by atoms with E-state index < -0.39 is 35.4 Å². The van der Waals surface area contributed by atoms with E-state index in [0.29, 0.717) is 0 Å². The highest BCUT2D eigenvalue weighted by molar-refractivity contribution is 5.33. The van der Waals surface area contributed by atoms with Crippen LogP contribution in [0.25, 0.3) is 0 Å². The van der Waals surface area contributed by atoms with Gasteiger partial charge in [-0.15, -0.1) is 0 Å². The Balaban J connectivity index is 3.47. The van der Waals surface area contributed by atoms with Crippen molar-refractivity contribution in [3.8, 4) is 0 Å². The Bertz CT molecular complexity index is 370. The van der Waals surface area contributed by atoms with Gasteiger partial charge in [-0.1, -0.05) is 0 Å². The summed E-state index contributed by atoms with van der Waals surface area (Å²) in [5.74, 6) is -1.43. The number of pyridine rings is 1. The molecule has 0 aliphatic rings. The van der Waals surface area contributed by atoms with Gasteiger partial charge in [0.05, 0.1) is 16.8 Å². The molecule has 84 valence electrons. The van der Waals surface area contributed by atoms with Gasteiger partial charge in [0.1, 0.15) is 0 Å². The van der Waals surface area contributed by atoms with E-state index in [1.165, 1.54) is 0 Å². The standard InChI is InChI=1S/C8H5F6N/c1-3-6(7(10)11)4(8(12,13)14)2-5(9)15-3/h2,7H,1H3. The molecule has 15 heavy (non-hydrogen) atoms. The highest BCUT2D eigenvalue weighted by Gasteiger charge is 2.37. The molecule has 0 fully saturated rings. The molecule has 0 radical (unpaired) electrons. The van der Waals surface area contributed by atoms with Gasteiger partial charge in [-0.2, -0.15) is 17.6 Å². The van der Waals surface area contributed by atoms with Crippen LogP contribution < -0.4 is 0 Å². The number of aryl methyl sites for hydroxylation is 1. The van der Waals surface area contributed by atoms with Crippen molar-refractivity contribution in [3.63, 3.8) is 0 Å². The summed E-state index contributed by atoms with van der Waals surface area (Å²) >= 11 is 0. The number of hydrogen-bond donors (Lipinski definition) is 0. The Hall–Kier alpha value is -1.27. The maximum Gasteiger partial charge on any atom is 0.417 e. The van der Waals surface area contributed by atoms with E-state index in [1.54, 1.807) is 0 Å². The van der Waals surface area contributed by atoms with E-state index in [0.717, 1.165) is 6.92 Å². The minimum absolute atomic E-state index is 0.0332. The average molecular weight is 229 g/mol. The van der Waals surface area contributed by atoms with Gasteiger partial charge in [-0.05, 0) is 6.92 Å². The highest BCUT2D eigenvalue weighted by atomic mass is 19.4. The first-order chi connectivity index (χ1) is 6.73. The lowest BCUT2D eigenvalue weighted by Gasteiger charge is -2.13. The van der Waals surface area contributed by atoms with E-state index in [9.17, 15) is 26.3 Å². The van der Waals surface area contributed by atoms with Gasteiger partial charge >= 0.3 is 6.18 Å². The predicted molar refractivity (Wildman–Crippen MR) is 38.9 cm³/mol. The molecule has 0 aliphatic heterocycles. The molecule has 1 aromatic heterocycles. The van der Waals surface area contributed by atoms with Crippen LogP contribution in [0.4, 0.5) is 26.3 Å². The zero-order valence-corrected chi connectivity index (χ0v) is 7.37. The number of aromatic nitrogens is 1. The molecule has 0 bridgehead atoms. The Morgan fingerprint density at radius 1 is 1.27 bits per heavy atom. The van der Waals surface area contributed by atoms with E-state index >= 15 is 0 Å². The molecule has 0 unspecified atom stereocenters. The van der Waals surface area contributed by atoms with Gasteiger partial charge in [0.25, 0.3) is 6.43 Å². The number of hydrogen-bond acceptors (Lipinski definition) is 1. The molecule has 0 atom stereocenters. The smallest absolute Gasteiger partial charge is 0.225 e. The summed E-state index contributed by atoms with van der Waals surface area (Å²) in [7, 11) is 0. The number of nitrogens with zero attached hydrogens (tertiary/aromatic N) is 1. The molecule has 1 nitrogen and oxygen atoms in total. The van der Waals surface area contributed by atoms with Crippen LogP contribution in [0.5, 0.6) is 0 Å². The normalized spacial score (nSPS) is 12.3. The number of halogens is 6. The predicted octanol–water partition coefficient (Wildman–Crippen LogP) is 3.49. The minimum atomic E-state index is -5.01. The zero-order chi connectivity index (χ0) is 11.8. The first-order valence-electron chi connectivity index (χ1n) is 3.76. The van der Waals surface area contributed by atoms with Gasteiger partial charge in [-0.3, -0.25) is 0 Å². The summed E-state index contributed by atoms with van der Waals surface area (Å²) in [6, 6.07) is -0.0332. The molecule has 1 heterocycles. The lowest BCUT2D eigenvalue weighted by atomic mass is 10.1. The van der Waals surface area contributed by atoms with Crippen LogP contribution in [0, 0.1) is 12.9 Å². The molecule has 0 spiro atoms. The second-order valence-corrected chi connectivity index (χ2v) is 2.79. The van der Waals surface area contributed by atoms with Crippen molar-refractivity contribution in [2.75, 3.05) is 0 Å². The second-order valence-electron chi connectivity index (χ2n) is 2.79. The topological polar surface area (TPSA) is 12.9 Å². The Labute approximate surface area is 80.7 Å². The first-order valence-corrected chi connectivity index (χ1v) is 3.76. The summed E-state index contributed by atoms with van der Waals surface area (Å²) in [6.45, 7) is 0.903. The van der Waals surface area contributed by atoms with Crippen molar-refractivity contribution in [2.45, 2.75) is 19.5 Å². The van der Waals surface area contributed by atoms with E-state index in [1.807, 2.05) is 0 Å². The fourth-order valence-electron chi connectivity index (χ4n) is 1.15. The lowest BCUT2D eigenvalue weighted by Crippen LogP contribution is -2.13. The molecule has 0 saturated carbocycles. The van der Waals surface area contributed by atoms with Crippen LogP contribution in [0.3, 0.4) is 0 Å². The van der Waals surface area contributed by atoms with E-state index in [4.69, 9.17) is 0 Å². The molecule has 0 N–H and O–H groups in total. The first kappa shape index (κ1) is 11.8. The Morgan fingerprint density at radius 3 is 2.20 bits per heavy atom. The summed E-state index contributed by atoms with van der Waals surface area (Å²) in [4.78, 5) is 2.92. The van der Waals surface area contributed by atoms with Crippen LogP contribution in [-0.2, 0) is 6.18 Å². The van der Waals surface area contributed by atoms with Crippen molar-refractivity contribution in [3.05, 3.63) is 28.8 Å². The van der Waals surface area contributed by atoms with Crippen molar-refractivity contribution < 1.29 is 26.3 Å². The van der Waals surface area contributed by atoms with Crippen LogP contribution in [0.2, 0.25) is 0 Å². The van der Waals surface area contributed by atoms with Crippen molar-refractivity contribution in [1.29, 1.82) is 0 Å². The minimum Gasteiger partial charge on any atom is -0.225 e. The molecule has 0 saturated heterocycles. The van der Waals surface area contributed by atoms with Crippen LogP contribution in [-0.4, -0.2) is 4.98 Å². The van der Waals surface area contributed by atoms with Crippen LogP contribution in [0.1, 0.15) is 23.2 Å². The summed E-state index contributed by atoms with van der Waals surface area (Å²) in [5.41, 5.74) is -3.61. The molecular weight excluding hydrogens is 224 g/mol. The summed E-state index contributed by atoms with van der Waals surface area (Å²) in [6.07, 6.45) is -8.35. The average Bonchev–Trinajstić information content (AvgIpc) is 1.99. The highest BCUT2D eigenvalue weighted by Crippen LogP contribution is 2.37. The third-order valence-electron chi connectivity index (χ3n) is 1.74. The maximum absolute atomic E-state index is 12.5. The molecule has 0 aliphatic carbocycles. The maximum atomic E-state index is 12.5. The molecule has 1 rings (SSSR count). The van der Waals surface area contributed by atoms with Crippen LogP contribution >= 0.6 is 0 Å². The fourth-order valence-corrected chi connectivity index (χ4v) is 1.15. The number of rotatable bonds is 1. The van der Waals surface area contributed by atoms with Gasteiger partial charge < -0.3 is 0 Å². The molecule has 1 aromatic rings. The second kappa shape index (κ2) is 3.71. The largest absolute Gasteiger partial charge is 0.417 e. The molecular formula is C8H5F6N. The molecule has 7 heteroatoms. The fraction of sp³-hybridized carbons (Fsp3) is 0.375.